The van der Waals surface area contributed by atoms with Gasteiger partial charge in [-0.05, 0) is 48.7 Å². The number of halogens is 1. The van der Waals surface area contributed by atoms with Crippen LogP contribution in [0.15, 0.2) is 48.8 Å². The lowest BCUT2D eigenvalue weighted by Crippen LogP contribution is -2.06. The Morgan fingerprint density at radius 1 is 1.27 bits per heavy atom. The zero-order valence-electron chi connectivity index (χ0n) is 18.4. The molecule has 0 bridgehead atoms. The standard InChI is InChI=1S/C22H20FN5O2/c1-13-3-5-18(23)15(9-13)4-6-19(29)17-10-16(12-25-21(17)30-2)14-7-8-28-20(11-14)26-22(24)27-28/h3,5,7-12H,4,6H2,1-2H3,(H2,24,27)/i4D2. The minimum atomic E-state index is -2.22. The number of pyridine rings is 2. The Bertz CT molecular complexity index is 1340. The van der Waals surface area contributed by atoms with Gasteiger partial charge in [0.2, 0.25) is 11.8 Å². The van der Waals surface area contributed by atoms with E-state index in [9.17, 15) is 9.18 Å². The molecule has 0 aliphatic heterocycles. The van der Waals surface area contributed by atoms with E-state index in [0.717, 1.165) is 0 Å². The lowest BCUT2D eigenvalue weighted by molar-refractivity contribution is 0.0979. The smallest absolute Gasteiger partial charge is 0.240 e. The quantitative estimate of drug-likeness (QED) is 0.490. The molecular formula is C22H20FN5O2. The lowest BCUT2D eigenvalue weighted by atomic mass is 9.99. The molecule has 0 atom stereocenters. The number of methoxy groups -OCH3 is 1. The number of nitrogens with zero attached hydrogens (tertiary/aromatic N) is 4. The molecule has 4 aromatic rings. The van der Waals surface area contributed by atoms with Crippen LogP contribution in [0.25, 0.3) is 16.8 Å². The largest absolute Gasteiger partial charge is 0.480 e. The summed E-state index contributed by atoms with van der Waals surface area (Å²) in [4.78, 5) is 21.4. The third-order valence-corrected chi connectivity index (χ3v) is 4.59. The first-order chi connectivity index (χ1) is 15.2. The number of ether oxygens (including phenoxy) is 1. The fraction of sp³-hybridized carbons (Fsp3) is 0.182. The number of carbonyl (C=O) groups is 1. The van der Waals surface area contributed by atoms with Crippen LogP contribution in [-0.4, -0.2) is 32.5 Å². The van der Waals surface area contributed by atoms with Crippen LogP contribution in [0.4, 0.5) is 10.3 Å². The number of aryl methyl sites for hydroxylation is 2. The van der Waals surface area contributed by atoms with E-state index in [-0.39, 0.29) is 23.0 Å². The second-order valence-corrected chi connectivity index (χ2v) is 6.73. The second-order valence-electron chi connectivity index (χ2n) is 6.73. The predicted octanol–water partition coefficient (Wildman–Crippen LogP) is 3.65. The van der Waals surface area contributed by atoms with Gasteiger partial charge in [-0.1, -0.05) is 17.7 Å². The van der Waals surface area contributed by atoms with Crippen molar-refractivity contribution >= 4 is 17.4 Å². The number of aromatic nitrogens is 4. The van der Waals surface area contributed by atoms with Crippen molar-refractivity contribution in [1.82, 2.24) is 19.6 Å². The second kappa shape index (κ2) is 7.90. The number of nitrogens with two attached hydrogens (primary N) is 1. The van der Waals surface area contributed by atoms with E-state index < -0.39 is 24.4 Å². The van der Waals surface area contributed by atoms with Crippen molar-refractivity contribution < 1.29 is 16.7 Å². The van der Waals surface area contributed by atoms with Gasteiger partial charge < -0.3 is 10.5 Å². The van der Waals surface area contributed by atoms with Crippen LogP contribution in [0.1, 0.15) is 30.6 Å². The molecule has 0 fully saturated rings. The highest BCUT2D eigenvalue weighted by Crippen LogP contribution is 2.26. The average Bonchev–Trinajstić information content (AvgIpc) is 3.13. The molecule has 2 N–H and O–H groups in total. The van der Waals surface area contributed by atoms with Crippen LogP contribution >= 0.6 is 0 Å². The van der Waals surface area contributed by atoms with E-state index in [1.165, 1.54) is 30.0 Å². The molecule has 3 aromatic heterocycles. The van der Waals surface area contributed by atoms with Gasteiger partial charge in [0, 0.05) is 27.1 Å². The van der Waals surface area contributed by atoms with Crippen molar-refractivity contribution in [2.75, 3.05) is 12.8 Å². The number of hydrogen-bond acceptors (Lipinski definition) is 6. The molecule has 0 spiro atoms. The van der Waals surface area contributed by atoms with Gasteiger partial charge in [-0.2, -0.15) is 4.98 Å². The SMILES string of the molecule is [2H]C([2H])(CC(=O)c1cc(-c2ccn3nc(N)nc3c2)cnc1OC)c1cc(C)ccc1F. The first-order valence-corrected chi connectivity index (χ1v) is 9.14. The Kier molecular flexibility index (Phi) is 4.50. The monoisotopic (exact) mass is 407 g/mol. The minimum Gasteiger partial charge on any atom is -0.480 e. The molecule has 30 heavy (non-hydrogen) atoms. The molecule has 0 aliphatic carbocycles. The Balaban J connectivity index is 1.70. The average molecular weight is 407 g/mol. The number of hydrogen-bond donors (Lipinski definition) is 1. The summed E-state index contributed by atoms with van der Waals surface area (Å²) in [5.41, 5.74) is 8.09. The maximum absolute atomic E-state index is 14.3. The molecule has 3 heterocycles. The zero-order chi connectivity index (χ0) is 23.0. The predicted molar refractivity (Wildman–Crippen MR) is 111 cm³/mol. The topological polar surface area (TPSA) is 95.4 Å². The summed E-state index contributed by atoms with van der Waals surface area (Å²) in [6, 6.07) is 9.23. The maximum Gasteiger partial charge on any atom is 0.240 e. The number of nitrogen functional groups attached to an aromatic ring is 1. The van der Waals surface area contributed by atoms with Crippen LogP contribution in [0.2, 0.25) is 0 Å². The number of ketones is 1. The molecule has 0 saturated carbocycles. The number of anilines is 1. The van der Waals surface area contributed by atoms with Crippen molar-refractivity contribution in [3.05, 3.63) is 71.3 Å². The molecule has 4 rings (SSSR count). The normalized spacial score (nSPS) is 12.5. The Labute approximate surface area is 175 Å². The molecule has 0 unspecified atom stereocenters. The molecular weight excluding hydrogens is 385 g/mol. The molecule has 0 saturated heterocycles. The highest BCUT2D eigenvalue weighted by Gasteiger charge is 2.17. The first kappa shape index (κ1) is 17.1. The number of rotatable bonds is 6. The summed E-state index contributed by atoms with van der Waals surface area (Å²) in [6.07, 6.45) is 0.426. The van der Waals surface area contributed by atoms with E-state index in [1.807, 2.05) is 0 Å². The third kappa shape index (κ3) is 3.84. The summed E-state index contributed by atoms with van der Waals surface area (Å²) in [5.74, 6) is -1.06. The highest BCUT2D eigenvalue weighted by atomic mass is 19.1. The van der Waals surface area contributed by atoms with E-state index in [4.69, 9.17) is 13.2 Å². The Morgan fingerprint density at radius 2 is 2.10 bits per heavy atom. The summed E-state index contributed by atoms with van der Waals surface area (Å²) in [7, 11) is 1.37. The number of carbonyl (C=O) groups excluding carboxylic acids is 1. The minimum absolute atomic E-state index is 0.0621. The summed E-state index contributed by atoms with van der Waals surface area (Å²) < 4.78 is 37.7. The number of benzene rings is 1. The van der Waals surface area contributed by atoms with Crippen LogP contribution in [-0.2, 0) is 6.37 Å². The van der Waals surface area contributed by atoms with Gasteiger partial charge in [0.25, 0.3) is 0 Å². The fourth-order valence-electron chi connectivity index (χ4n) is 3.10. The van der Waals surface area contributed by atoms with Crippen molar-refractivity contribution in [2.24, 2.45) is 0 Å². The fourth-order valence-corrected chi connectivity index (χ4v) is 3.10. The molecule has 0 amide bonds. The highest BCUT2D eigenvalue weighted by molar-refractivity contribution is 5.99. The van der Waals surface area contributed by atoms with Crippen molar-refractivity contribution in [3.8, 4) is 17.0 Å². The van der Waals surface area contributed by atoms with E-state index in [0.29, 0.717) is 22.3 Å². The maximum atomic E-state index is 14.3. The van der Waals surface area contributed by atoms with Gasteiger partial charge in [-0.25, -0.2) is 13.9 Å². The van der Waals surface area contributed by atoms with Crippen molar-refractivity contribution in [2.45, 2.75) is 19.7 Å². The summed E-state index contributed by atoms with van der Waals surface area (Å²) in [6.45, 7) is 1.73. The molecule has 1 aromatic carbocycles. The van der Waals surface area contributed by atoms with Crippen LogP contribution in [0.5, 0.6) is 5.88 Å². The van der Waals surface area contributed by atoms with Gasteiger partial charge in [0.1, 0.15) is 5.82 Å². The van der Waals surface area contributed by atoms with E-state index in [2.05, 4.69) is 15.1 Å². The van der Waals surface area contributed by atoms with E-state index >= 15 is 0 Å². The molecule has 0 aliphatic rings. The van der Waals surface area contributed by atoms with Crippen molar-refractivity contribution in [1.29, 1.82) is 0 Å². The third-order valence-electron chi connectivity index (χ3n) is 4.59. The van der Waals surface area contributed by atoms with Crippen LogP contribution < -0.4 is 10.5 Å². The van der Waals surface area contributed by atoms with Crippen molar-refractivity contribution in [3.63, 3.8) is 0 Å². The number of fused-ring (bicyclic) bond motifs is 1. The Hall–Kier alpha value is -3.81. The van der Waals surface area contributed by atoms with Gasteiger partial charge in [-0.15, -0.1) is 5.10 Å². The van der Waals surface area contributed by atoms with Crippen LogP contribution in [0.3, 0.4) is 0 Å². The lowest BCUT2D eigenvalue weighted by Gasteiger charge is -2.10. The van der Waals surface area contributed by atoms with Gasteiger partial charge in [0.15, 0.2) is 11.4 Å². The van der Waals surface area contributed by atoms with Gasteiger partial charge in [-0.3, -0.25) is 4.79 Å². The van der Waals surface area contributed by atoms with Gasteiger partial charge in [0.05, 0.1) is 12.7 Å². The van der Waals surface area contributed by atoms with Gasteiger partial charge >= 0.3 is 0 Å². The summed E-state index contributed by atoms with van der Waals surface area (Å²) in [5, 5.41) is 4.02. The van der Waals surface area contributed by atoms with E-state index in [1.54, 1.807) is 37.4 Å². The first-order valence-electron chi connectivity index (χ1n) is 10.1. The molecule has 7 nitrogen and oxygen atoms in total. The molecule has 152 valence electrons. The Morgan fingerprint density at radius 3 is 2.90 bits per heavy atom. The number of Topliss-reactive ketones (excluding diaryl/α,β-unsaturated/α-hetero) is 1. The molecule has 8 heteroatoms. The zero-order valence-corrected chi connectivity index (χ0v) is 16.4. The molecule has 0 radical (unpaired) electrons. The van der Waals surface area contributed by atoms with Crippen LogP contribution in [0, 0.1) is 12.7 Å². The summed E-state index contributed by atoms with van der Waals surface area (Å²) >= 11 is 0.